The lowest BCUT2D eigenvalue weighted by Crippen LogP contribution is -2.32. The monoisotopic (exact) mass is 362 g/mol. The molecule has 0 heterocycles. The standard InChI is InChI=1S/C17H19BrN2O2/c1-12-3-4-13(2)16(11-12)20-17(21)19-9-10-22-15-7-5-14(18)6-8-15/h3-8,11H,9-10H2,1-2H3,(H2,19,20,21). The van der Waals surface area contributed by atoms with Crippen molar-refractivity contribution in [2.45, 2.75) is 13.8 Å². The van der Waals surface area contributed by atoms with Gasteiger partial charge in [-0.05, 0) is 55.3 Å². The van der Waals surface area contributed by atoms with Crippen molar-refractivity contribution in [1.82, 2.24) is 5.32 Å². The molecule has 116 valence electrons. The van der Waals surface area contributed by atoms with Crippen LogP contribution in [0, 0.1) is 13.8 Å². The number of benzene rings is 2. The van der Waals surface area contributed by atoms with Gasteiger partial charge in [0.15, 0.2) is 0 Å². The summed E-state index contributed by atoms with van der Waals surface area (Å²) >= 11 is 3.37. The third kappa shape index (κ3) is 5.07. The summed E-state index contributed by atoms with van der Waals surface area (Å²) < 4.78 is 6.55. The largest absolute Gasteiger partial charge is 0.492 e. The molecule has 0 aliphatic rings. The van der Waals surface area contributed by atoms with Crippen LogP contribution in [0.2, 0.25) is 0 Å². The van der Waals surface area contributed by atoms with E-state index in [1.54, 1.807) is 0 Å². The Morgan fingerprint density at radius 3 is 2.59 bits per heavy atom. The highest BCUT2D eigenvalue weighted by Crippen LogP contribution is 2.16. The van der Waals surface area contributed by atoms with E-state index in [9.17, 15) is 4.79 Å². The molecule has 0 aliphatic carbocycles. The Labute approximate surface area is 139 Å². The molecule has 2 amide bonds. The molecule has 0 aliphatic heterocycles. The van der Waals surface area contributed by atoms with Crippen LogP contribution in [-0.4, -0.2) is 19.2 Å². The molecule has 2 N–H and O–H groups in total. The number of ether oxygens (including phenoxy) is 1. The van der Waals surface area contributed by atoms with E-state index in [2.05, 4.69) is 26.6 Å². The van der Waals surface area contributed by atoms with E-state index in [1.807, 2.05) is 56.3 Å². The molecule has 2 aromatic carbocycles. The minimum Gasteiger partial charge on any atom is -0.492 e. The second-order valence-electron chi connectivity index (χ2n) is 5.00. The van der Waals surface area contributed by atoms with Crippen LogP contribution in [0.4, 0.5) is 10.5 Å². The van der Waals surface area contributed by atoms with Gasteiger partial charge in [0.25, 0.3) is 0 Å². The SMILES string of the molecule is Cc1ccc(C)c(NC(=O)NCCOc2ccc(Br)cc2)c1. The fourth-order valence-electron chi connectivity index (χ4n) is 1.90. The molecule has 2 rings (SSSR count). The molecule has 0 aromatic heterocycles. The number of hydrogen-bond acceptors (Lipinski definition) is 2. The Bertz CT molecular complexity index is 642. The summed E-state index contributed by atoms with van der Waals surface area (Å²) in [5.74, 6) is 0.778. The molecule has 22 heavy (non-hydrogen) atoms. The first kappa shape index (κ1) is 16.4. The number of carbonyl (C=O) groups is 1. The lowest BCUT2D eigenvalue weighted by Gasteiger charge is -2.11. The van der Waals surface area contributed by atoms with Gasteiger partial charge in [0, 0.05) is 10.2 Å². The summed E-state index contributed by atoms with van der Waals surface area (Å²) in [5, 5.41) is 5.62. The Kier molecular flexibility index (Phi) is 5.83. The van der Waals surface area contributed by atoms with E-state index in [1.165, 1.54) is 0 Å². The Balaban J connectivity index is 1.74. The van der Waals surface area contributed by atoms with Crippen molar-refractivity contribution < 1.29 is 9.53 Å². The van der Waals surface area contributed by atoms with E-state index in [0.717, 1.165) is 27.0 Å². The zero-order valence-electron chi connectivity index (χ0n) is 12.7. The highest BCUT2D eigenvalue weighted by Gasteiger charge is 2.04. The number of nitrogens with one attached hydrogen (secondary N) is 2. The van der Waals surface area contributed by atoms with Crippen LogP contribution in [0.25, 0.3) is 0 Å². The normalized spacial score (nSPS) is 10.1. The number of urea groups is 1. The maximum Gasteiger partial charge on any atom is 0.319 e. The molecule has 0 saturated heterocycles. The second-order valence-corrected chi connectivity index (χ2v) is 5.92. The number of carbonyl (C=O) groups excluding carboxylic acids is 1. The topological polar surface area (TPSA) is 50.4 Å². The average molecular weight is 363 g/mol. The molecule has 4 nitrogen and oxygen atoms in total. The van der Waals surface area contributed by atoms with E-state index in [-0.39, 0.29) is 6.03 Å². The number of amides is 2. The van der Waals surface area contributed by atoms with E-state index >= 15 is 0 Å². The molecule has 0 bridgehead atoms. The minimum absolute atomic E-state index is 0.229. The smallest absolute Gasteiger partial charge is 0.319 e. The zero-order valence-corrected chi connectivity index (χ0v) is 14.2. The summed E-state index contributed by atoms with van der Waals surface area (Å²) in [6.07, 6.45) is 0. The Morgan fingerprint density at radius 1 is 1.14 bits per heavy atom. The average Bonchev–Trinajstić information content (AvgIpc) is 2.49. The van der Waals surface area contributed by atoms with Crippen LogP contribution in [0.3, 0.4) is 0 Å². The number of halogens is 1. The van der Waals surface area contributed by atoms with Gasteiger partial charge in [-0.3, -0.25) is 0 Å². The zero-order chi connectivity index (χ0) is 15.9. The lowest BCUT2D eigenvalue weighted by molar-refractivity contribution is 0.247. The molecule has 0 atom stereocenters. The van der Waals surface area contributed by atoms with Crippen molar-refractivity contribution in [3.8, 4) is 5.75 Å². The van der Waals surface area contributed by atoms with Crippen molar-refractivity contribution >= 4 is 27.6 Å². The quantitative estimate of drug-likeness (QED) is 0.780. The fraction of sp³-hybridized carbons (Fsp3) is 0.235. The summed E-state index contributed by atoms with van der Waals surface area (Å²) in [4.78, 5) is 11.8. The predicted molar refractivity (Wildman–Crippen MR) is 92.6 cm³/mol. The van der Waals surface area contributed by atoms with Gasteiger partial charge in [-0.1, -0.05) is 28.1 Å². The maximum absolute atomic E-state index is 11.8. The second kappa shape index (κ2) is 7.84. The number of hydrogen-bond donors (Lipinski definition) is 2. The molecule has 0 unspecified atom stereocenters. The first-order valence-electron chi connectivity index (χ1n) is 7.05. The first-order valence-corrected chi connectivity index (χ1v) is 7.84. The molecule has 0 radical (unpaired) electrons. The Hall–Kier alpha value is -2.01. The van der Waals surface area contributed by atoms with Crippen LogP contribution in [0.1, 0.15) is 11.1 Å². The van der Waals surface area contributed by atoms with Gasteiger partial charge < -0.3 is 15.4 Å². The van der Waals surface area contributed by atoms with Gasteiger partial charge in [0.2, 0.25) is 0 Å². The number of rotatable bonds is 5. The van der Waals surface area contributed by atoms with Gasteiger partial charge in [0.1, 0.15) is 12.4 Å². The maximum atomic E-state index is 11.8. The van der Waals surface area contributed by atoms with Crippen LogP contribution in [-0.2, 0) is 0 Å². The Morgan fingerprint density at radius 2 is 1.86 bits per heavy atom. The van der Waals surface area contributed by atoms with Crippen LogP contribution in [0.5, 0.6) is 5.75 Å². The summed E-state index contributed by atoms with van der Waals surface area (Å²) in [5.41, 5.74) is 2.97. The van der Waals surface area contributed by atoms with E-state index in [4.69, 9.17) is 4.74 Å². The highest BCUT2D eigenvalue weighted by atomic mass is 79.9. The molecular formula is C17H19BrN2O2. The molecule has 5 heteroatoms. The molecule has 0 fully saturated rings. The van der Waals surface area contributed by atoms with Crippen molar-refractivity contribution in [2.24, 2.45) is 0 Å². The summed E-state index contributed by atoms with van der Waals surface area (Å²) in [6.45, 7) is 4.81. The minimum atomic E-state index is -0.229. The molecule has 2 aromatic rings. The third-order valence-electron chi connectivity index (χ3n) is 3.11. The summed E-state index contributed by atoms with van der Waals surface area (Å²) in [6, 6.07) is 13.3. The van der Waals surface area contributed by atoms with Crippen LogP contribution >= 0.6 is 15.9 Å². The summed E-state index contributed by atoms with van der Waals surface area (Å²) in [7, 11) is 0. The third-order valence-corrected chi connectivity index (χ3v) is 3.64. The lowest BCUT2D eigenvalue weighted by atomic mass is 10.1. The van der Waals surface area contributed by atoms with Crippen molar-refractivity contribution in [3.05, 3.63) is 58.1 Å². The van der Waals surface area contributed by atoms with Crippen molar-refractivity contribution in [1.29, 1.82) is 0 Å². The van der Waals surface area contributed by atoms with Gasteiger partial charge in [-0.25, -0.2) is 4.79 Å². The first-order chi connectivity index (χ1) is 10.5. The fourth-order valence-corrected chi connectivity index (χ4v) is 2.17. The molecular weight excluding hydrogens is 344 g/mol. The van der Waals surface area contributed by atoms with E-state index < -0.39 is 0 Å². The van der Waals surface area contributed by atoms with Gasteiger partial charge in [-0.2, -0.15) is 0 Å². The van der Waals surface area contributed by atoms with Gasteiger partial charge >= 0.3 is 6.03 Å². The van der Waals surface area contributed by atoms with Crippen molar-refractivity contribution in [2.75, 3.05) is 18.5 Å². The number of anilines is 1. The van der Waals surface area contributed by atoms with Gasteiger partial charge in [0.05, 0.1) is 6.54 Å². The number of aryl methyl sites for hydroxylation is 2. The molecule has 0 spiro atoms. The van der Waals surface area contributed by atoms with Crippen LogP contribution in [0.15, 0.2) is 46.9 Å². The van der Waals surface area contributed by atoms with Crippen molar-refractivity contribution in [3.63, 3.8) is 0 Å². The molecule has 0 saturated carbocycles. The van der Waals surface area contributed by atoms with Crippen LogP contribution < -0.4 is 15.4 Å². The predicted octanol–water partition coefficient (Wildman–Crippen LogP) is 4.27. The van der Waals surface area contributed by atoms with Gasteiger partial charge in [-0.15, -0.1) is 0 Å². The highest BCUT2D eigenvalue weighted by molar-refractivity contribution is 9.10. The van der Waals surface area contributed by atoms with E-state index in [0.29, 0.717) is 13.2 Å².